The highest BCUT2D eigenvalue weighted by Gasteiger charge is 2.38. The van der Waals surface area contributed by atoms with Crippen molar-refractivity contribution in [2.24, 2.45) is 0 Å². The first-order chi connectivity index (χ1) is 14.7. The molecule has 1 fully saturated rings. The summed E-state index contributed by atoms with van der Waals surface area (Å²) in [7, 11) is 0. The van der Waals surface area contributed by atoms with Crippen LogP contribution in [-0.2, 0) is 20.6 Å². The molecule has 9 nitrogen and oxygen atoms in total. The Hall–Kier alpha value is -3.50. The minimum atomic E-state index is -4.74. The fourth-order valence-corrected chi connectivity index (χ4v) is 2.72. The van der Waals surface area contributed by atoms with Crippen LogP contribution in [0.5, 0.6) is 5.75 Å². The zero-order valence-electron chi connectivity index (χ0n) is 16.2. The van der Waals surface area contributed by atoms with E-state index in [0.29, 0.717) is 6.42 Å². The number of hydrogen-bond donors (Lipinski definition) is 2. The molecule has 2 aromatic rings. The maximum absolute atomic E-state index is 12.6. The molecule has 1 unspecified atom stereocenters. The van der Waals surface area contributed by atoms with E-state index in [0.717, 1.165) is 19.4 Å². The van der Waals surface area contributed by atoms with Gasteiger partial charge in [0.1, 0.15) is 17.5 Å². The zero-order chi connectivity index (χ0) is 23.0. The molecule has 1 atom stereocenters. The fourth-order valence-electron chi connectivity index (χ4n) is 2.72. The normalized spacial score (nSPS) is 15.8. The summed E-state index contributed by atoms with van der Waals surface area (Å²) < 4.78 is 47.7. The zero-order valence-corrected chi connectivity index (χ0v) is 16.2. The first kappa shape index (κ1) is 23.8. The van der Waals surface area contributed by atoms with Crippen LogP contribution in [0.25, 0.3) is 0 Å². The molecule has 2 N–H and O–H groups in total. The van der Waals surface area contributed by atoms with Gasteiger partial charge in [-0.1, -0.05) is 6.42 Å². The van der Waals surface area contributed by atoms with E-state index in [1.807, 2.05) is 0 Å². The van der Waals surface area contributed by atoms with Crippen LogP contribution in [0.2, 0.25) is 0 Å². The lowest BCUT2D eigenvalue weighted by Gasteiger charge is -2.21. The minimum Gasteiger partial charge on any atom is -0.425 e. The number of anilines is 1. The largest absolute Gasteiger partial charge is 0.469 e. The fraction of sp³-hybridized carbons (Fsp3) is 0.368. The van der Waals surface area contributed by atoms with Crippen LogP contribution in [0.4, 0.5) is 19.1 Å². The first-order valence-corrected chi connectivity index (χ1v) is 9.06. The van der Waals surface area contributed by atoms with Crippen molar-refractivity contribution in [3.8, 4) is 5.75 Å². The Morgan fingerprint density at radius 2 is 1.87 bits per heavy atom. The highest BCUT2D eigenvalue weighted by molar-refractivity contribution is 6.03. The molecule has 1 saturated heterocycles. The summed E-state index contributed by atoms with van der Waals surface area (Å²) in [5, 5.41) is 5.32. The number of amides is 1. The van der Waals surface area contributed by atoms with E-state index in [-0.39, 0.29) is 35.1 Å². The van der Waals surface area contributed by atoms with Gasteiger partial charge in [-0.3, -0.25) is 10.1 Å². The molecule has 12 heteroatoms. The van der Waals surface area contributed by atoms with Crippen LogP contribution in [0, 0.1) is 6.92 Å². The van der Waals surface area contributed by atoms with Crippen LogP contribution in [0.15, 0.2) is 28.7 Å². The molecular formula is C19H18F3N3O6. The maximum Gasteiger partial charge on any atom is 0.469 e. The summed E-state index contributed by atoms with van der Waals surface area (Å²) in [5.41, 5.74) is 0.0613. The van der Waals surface area contributed by atoms with Crippen LogP contribution in [0.1, 0.15) is 41.2 Å². The van der Waals surface area contributed by atoms with Gasteiger partial charge in [-0.15, -0.1) is 0 Å². The van der Waals surface area contributed by atoms with Gasteiger partial charge in [0.25, 0.3) is 5.91 Å². The van der Waals surface area contributed by atoms with Gasteiger partial charge < -0.3 is 14.5 Å². The molecule has 1 aliphatic rings. The minimum absolute atomic E-state index is 0.0915. The monoisotopic (exact) mass is 441 g/mol. The number of ether oxygens (including phenoxy) is 1. The quantitative estimate of drug-likeness (QED) is 0.548. The Bertz CT molecular complexity index is 944. The number of hydrogen-bond acceptors (Lipinski definition) is 8. The van der Waals surface area contributed by atoms with Crippen LogP contribution < -0.4 is 15.4 Å². The average Bonchev–Trinajstić information content (AvgIpc) is 3.10. The molecular weight excluding hydrogens is 423 g/mol. The van der Waals surface area contributed by atoms with Gasteiger partial charge >= 0.3 is 24.2 Å². The third-order valence-corrected chi connectivity index (χ3v) is 4.20. The van der Waals surface area contributed by atoms with Gasteiger partial charge in [0.15, 0.2) is 0 Å². The SMILES string of the molecule is Cc1nc(C(F)(F)F)oc1NC(=O)c1ccc(OC(=O)C2CCCCN2)cc1.O=C=O. The van der Waals surface area contributed by atoms with E-state index >= 15 is 0 Å². The Labute approximate surface area is 174 Å². The summed E-state index contributed by atoms with van der Waals surface area (Å²) >= 11 is 0. The number of esters is 1. The molecule has 1 aromatic heterocycles. The second-order valence-electron chi connectivity index (χ2n) is 6.42. The number of aryl methyl sites for hydroxylation is 1. The average molecular weight is 441 g/mol. The Balaban J connectivity index is 0.00000107. The number of alkyl halides is 3. The summed E-state index contributed by atoms with van der Waals surface area (Å²) in [6.07, 6.45) is -1.83. The molecule has 166 valence electrons. The topological polar surface area (TPSA) is 128 Å². The number of oxazole rings is 1. The molecule has 3 rings (SSSR count). The van der Waals surface area contributed by atoms with Crippen molar-refractivity contribution >= 4 is 23.9 Å². The van der Waals surface area contributed by atoms with Gasteiger partial charge in [-0.25, -0.2) is 9.78 Å². The molecule has 1 aliphatic heterocycles. The molecule has 0 radical (unpaired) electrons. The lowest BCUT2D eigenvalue weighted by Crippen LogP contribution is -2.42. The number of piperidine rings is 1. The van der Waals surface area contributed by atoms with E-state index in [9.17, 15) is 22.8 Å². The summed E-state index contributed by atoms with van der Waals surface area (Å²) in [4.78, 5) is 43.8. The van der Waals surface area contributed by atoms with Crippen molar-refractivity contribution in [2.75, 3.05) is 11.9 Å². The third-order valence-electron chi connectivity index (χ3n) is 4.20. The van der Waals surface area contributed by atoms with Crippen molar-refractivity contribution < 1.29 is 41.5 Å². The van der Waals surface area contributed by atoms with E-state index in [4.69, 9.17) is 14.3 Å². The van der Waals surface area contributed by atoms with E-state index in [1.54, 1.807) is 0 Å². The highest BCUT2D eigenvalue weighted by Crippen LogP contribution is 2.31. The molecule has 1 amide bonds. The predicted octanol–water partition coefficient (Wildman–Crippen LogP) is 2.72. The number of halogens is 3. The van der Waals surface area contributed by atoms with E-state index in [1.165, 1.54) is 31.2 Å². The molecule has 0 aliphatic carbocycles. The van der Waals surface area contributed by atoms with Gasteiger partial charge in [0.2, 0.25) is 5.88 Å². The Morgan fingerprint density at radius 3 is 2.39 bits per heavy atom. The van der Waals surface area contributed by atoms with Crippen molar-refractivity contribution in [1.82, 2.24) is 10.3 Å². The van der Waals surface area contributed by atoms with Gasteiger partial charge in [0, 0.05) is 5.56 Å². The third kappa shape index (κ3) is 6.76. The molecule has 0 spiro atoms. The molecule has 1 aromatic carbocycles. The Morgan fingerprint density at radius 1 is 1.23 bits per heavy atom. The van der Waals surface area contributed by atoms with Crippen molar-refractivity contribution in [3.63, 3.8) is 0 Å². The van der Waals surface area contributed by atoms with Crippen LogP contribution in [-0.4, -0.2) is 35.6 Å². The predicted molar refractivity (Wildman–Crippen MR) is 96.9 cm³/mol. The smallest absolute Gasteiger partial charge is 0.425 e. The van der Waals surface area contributed by atoms with Crippen molar-refractivity contribution in [2.45, 2.75) is 38.4 Å². The number of rotatable bonds is 4. The molecule has 2 heterocycles. The van der Waals surface area contributed by atoms with Gasteiger partial charge in [-0.2, -0.15) is 22.8 Å². The van der Waals surface area contributed by atoms with Crippen LogP contribution >= 0.6 is 0 Å². The van der Waals surface area contributed by atoms with Crippen LogP contribution in [0.3, 0.4) is 0 Å². The number of carbonyl (C=O) groups excluding carboxylic acids is 4. The number of aromatic nitrogens is 1. The Kier molecular flexibility index (Phi) is 8.06. The first-order valence-electron chi connectivity index (χ1n) is 9.06. The number of nitrogens with one attached hydrogen (secondary N) is 2. The van der Waals surface area contributed by atoms with Crippen molar-refractivity contribution in [3.05, 3.63) is 41.4 Å². The number of benzene rings is 1. The number of carbonyl (C=O) groups is 2. The second-order valence-corrected chi connectivity index (χ2v) is 6.42. The second kappa shape index (κ2) is 10.5. The molecule has 31 heavy (non-hydrogen) atoms. The van der Waals surface area contributed by atoms with Crippen molar-refractivity contribution in [1.29, 1.82) is 0 Å². The standard InChI is InChI=1S/C18H18F3N3O4.CO2/c1-10-15(28-17(23-10)18(19,20)21)24-14(25)11-5-7-12(8-6-11)27-16(26)13-4-2-3-9-22-13;2-1-3/h5-8,13,22H,2-4,9H2,1H3,(H,24,25);. The highest BCUT2D eigenvalue weighted by atomic mass is 19.4. The summed E-state index contributed by atoms with van der Waals surface area (Å²) in [6.45, 7) is 2.05. The maximum atomic E-state index is 12.6. The lowest BCUT2D eigenvalue weighted by molar-refractivity contribution is -0.191. The molecule has 0 bridgehead atoms. The van der Waals surface area contributed by atoms with Gasteiger partial charge in [0.05, 0.1) is 0 Å². The van der Waals surface area contributed by atoms with E-state index < -0.39 is 23.9 Å². The van der Waals surface area contributed by atoms with Gasteiger partial charge in [-0.05, 0) is 50.6 Å². The summed E-state index contributed by atoms with van der Waals surface area (Å²) in [5.74, 6) is -2.62. The lowest BCUT2D eigenvalue weighted by atomic mass is 10.1. The molecule has 0 saturated carbocycles. The summed E-state index contributed by atoms with van der Waals surface area (Å²) in [6, 6.07) is 5.30. The number of nitrogens with zero attached hydrogens (tertiary/aromatic N) is 1. The van der Waals surface area contributed by atoms with E-state index in [2.05, 4.69) is 20.0 Å².